The lowest BCUT2D eigenvalue weighted by atomic mass is 10.0. The molecule has 0 aliphatic rings. The largest absolute Gasteiger partial charge is 0.0909 e. The average molecular weight is 184 g/mol. The van der Waals surface area contributed by atoms with Crippen LogP contribution in [-0.2, 0) is 0 Å². The van der Waals surface area contributed by atoms with Crippen LogP contribution >= 0.6 is 0 Å². The molecule has 0 amide bonds. The quantitative estimate of drug-likeness (QED) is 0.617. The molecule has 0 heterocycles. The van der Waals surface area contributed by atoms with E-state index < -0.39 is 0 Å². The maximum Gasteiger partial charge on any atom is -0.0187 e. The van der Waals surface area contributed by atoms with Crippen LogP contribution in [0.2, 0.25) is 0 Å². The Morgan fingerprint density at radius 3 is 2.43 bits per heavy atom. The average Bonchev–Trinajstić information content (AvgIpc) is 2.26. The van der Waals surface area contributed by atoms with Crippen LogP contribution in [0.15, 0.2) is 60.7 Å². The highest BCUT2D eigenvalue weighted by atomic mass is 14.0. The maximum absolute atomic E-state index is 4.08. The molecule has 1 aromatic carbocycles. The Bertz CT molecular complexity index is 353. The number of rotatable bonds is 3. The Hall–Kier alpha value is -1.56. The first-order valence-electron chi connectivity index (χ1n) is 4.80. The molecule has 1 rings (SSSR count). The molecule has 0 saturated heterocycles. The van der Waals surface area contributed by atoms with Gasteiger partial charge in [0.1, 0.15) is 0 Å². The van der Waals surface area contributed by atoms with E-state index in [0.29, 0.717) is 0 Å². The third kappa shape index (κ3) is 2.74. The SMILES string of the molecule is C=C(/C(C)=C\C=C/C)c1ccccc1. The Morgan fingerprint density at radius 1 is 1.21 bits per heavy atom. The summed E-state index contributed by atoms with van der Waals surface area (Å²) in [7, 11) is 0. The Morgan fingerprint density at radius 2 is 1.86 bits per heavy atom. The molecule has 0 nitrogen and oxygen atoms in total. The molecule has 0 saturated carbocycles. The molecule has 0 radical (unpaired) electrons. The monoisotopic (exact) mass is 184 g/mol. The van der Waals surface area contributed by atoms with Gasteiger partial charge in [0.25, 0.3) is 0 Å². The Balaban J connectivity index is 2.86. The first-order chi connectivity index (χ1) is 6.75. The van der Waals surface area contributed by atoms with Gasteiger partial charge in [-0.1, -0.05) is 55.1 Å². The van der Waals surface area contributed by atoms with E-state index in [1.807, 2.05) is 37.3 Å². The maximum atomic E-state index is 4.08. The van der Waals surface area contributed by atoms with Gasteiger partial charge >= 0.3 is 0 Å². The van der Waals surface area contributed by atoms with Crippen molar-refractivity contribution in [2.75, 3.05) is 0 Å². The van der Waals surface area contributed by atoms with Crippen molar-refractivity contribution in [3.63, 3.8) is 0 Å². The molecular weight excluding hydrogens is 168 g/mol. The van der Waals surface area contributed by atoms with Crippen LogP contribution in [-0.4, -0.2) is 0 Å². The normalized spacial score (nSPS) is 12.0. The van der Waals surface area contributed by atoms with Crippen molar-refractivity contribution in [1.29, 1.82) is 0 Å². The van der Waals surface area contributed by atoms with E-state index in [1.54, 1.807) is 0 Å². The van der Waals surface area contributed by atoms with E-state index >= 15 is 0 Å². The standard InChI is InChI=1S/C14H16/c1-4-5-9-12(2)13(3)14-10-7-6-8-11-14/h4-11H,3H2,1-2H3/b5-4-,12-9-. The van der Waals surface area contributed by atoms with Crippen LogP contribution < -0.4 is 0 Å². The molecule has 0 aromatic heterocycles. The van der Waals surface area contributed by atoms with Crippen molar-refractivity contribution in [1.82, 2.24) is 0 Å². The summed E-state index contributed by atoms with van der Waals surface area (Å²) < 4.78 is 0. The zero-order valence-corrected chi connectivity index (χ0v) is 8.83. The highest BCUT2D eigenvalue weighted by Crippen LogP contribution is 2.19. The third-order valence-electron chi connectivity index (χ3n) is 2.14. The molecule has 0 bridgehead atoms. The van der Waals surface area contributed by atoms with Crippen LogP contribution in [0.4, 0.5) is 0 Å². The van der Waals surface area contributed by atoms with Gasteiger partial charge < -0.3 is 0 Å². The molecule has 14 heavy (non-hydrogen) atoms. The minimum Gasteiger partial charge on any atom is -0.0909 e. The van der Waals surface area contributed by atoms with Crippen molar-refractivity contribution in [3.05, 3.63) is 66.3 Å². The summed E-state index contributed by atoms with van der Waals surface area (Å²) in [6, 6.07) is 10.2. The fraction of sp³-hybridized carbons (Fsp3) is 0.143. The van der Waals surface area contributed by atoms with Gasteiger partial charge in [-0.25, -0.2) is 0 Å². The number of benzene rings is 1. The molecule has 72 valence electrons. The summed E-state index contributed by atoms with van der Waals surface area (Å²) in [5, 5.41) is 0. The second-order valence-electron chi connectivity index (χ2n) is 3.22. The van der Waals surface area contributed by atoms with Crippen molar-refractivity contribution in [2.45, 2.75) is 13.8 Å². The highest BCUT2D eigenvalue weighted by Gasteiger charge is 1.98. The number of allylic oxidation sites excluding steroid dienone is 5. The summed E-state index contributed by atoms with van der Waals surface area (Å²) >= 11 is 0. The fourth-order valence-electron chi connectivity index (χ4n) is 1.21. The Kier molecular flexibility index (Phi) is 3.93. The van der Waals surface area contributed by atoms with E-state index in [9.17, 15) is 0 Å². The van der Waals surface area contributed by atoms with Crippen LogP contribution in [0.3, 0.4) is 0 Å². The lowest BCUT2D eigenvalue weighted by molar-refractivity contribution is 1.50. The van der Waals surface area contributed by atoms with Crippen LogP contribution in [0, 0.1) is 0 Å². The van der Waals surface area contributed by atoms with Crippen LogP contribution in [0.25, 0.3) is 5.57 Å². The zero-order valence-electron chi connectivity index (χ0n) is 8.83. The Labute approximate surface area is 86.3 Å². The molecule has 1 aromatic rings. The van der Waals surface area contributed by atoms with E-state index in [1.165, 1.54) is 11.1 Å². The summed E-state index contributed by atoms with van der Waals surface area (Å²) in [5.74, 6) is 0. The van der Waals surface area contributed by atoms with Crippen LogP contribution in [0.5, 0.6) is 0 Å². The minimum absolute atomic E-state index is 1.09. The third-order valence-corrected chi connectivity index (χ3v) is 2.14. The lowest BCUT2D eigenvalue weighted by Gasteiger charge is -2.04. The molecule has 0 fully saturated rings. The smallest absolute Gasteiger partial charge is 0.0187 e. The first kappa shape index (κ1) is 10.5. The predicted octanol–water partition coefficient (Wildman–Crippen LogP) is 4.22. The van der Waals surface area contributed by atoms with Gasteiger partial charge in [-0.2, -0.15) is 0 Å². The van der Waals surface area contributed by atoms with Gasteiger partial charge in [0, 0.05) is 0 Å². The molecule has 0 heteroatoms. The summed E-state index contributed by atoms with van der Waals surface area (Å²) in [6.45, 7) is 8.16. The topological polar surface area (TPSA) is 0 Å². The second-order valence-corrected chi connectivity index (χ2v) is 3.22. The highest BCUT2D eigenvalue weighted by molar-refractivity contribution is 5.76. The molecule has 0 aliphatic carbocycles. The van der Waals surface area contributed by atoms with Gasteiger partial charge in [-0.3, -0.25) is 0 Å². The molecular formula is C14H16. The fourth-order valence-corrected chi connectivity index (χ4v) is 1.21. The van der Waals surface area contributed by atoms with Gasteiger partial charge in [0.15, 0.2) is 0 Å². The molecule has 0 aliphatic heterocycles. The predicted molar refractivity (Wildman–Crippen MR) is 64.0 cm³/mol. The van der Waals surface area contributed by atoms with E-state index in [2.05, 4.69) is 31.7 Å². The van der Waals surface area contributed by atoms with Crippen molar-refractivity contribution < 1.29 is 0 Å². The minimum atomic E-state index is 1.09. The zero-order chi connectivity index (χ0) is 10.4. The van der Waals surface area contributed by atoms with E-state index in [4.69, 9.17) is 0 Å². The molecule has 0 unspecified atom stereocenters. The number of hydrogen-bond acceptors (Lipinski definition) is 0. The second kappa shape index (κ2) is 5.23. The molecule has 0 N–H and O–H groups in total. The summed E-state index contributed by atoms with van der Waals surface area (Å²) in [6.07, 6.45) is 6.13. The van der Waals surface area contributed by atoms with Crippen molar-refractivity contribution >= 4 is 5.57 Å². The van der Waals surface area contributed by atoms with E-state index in [-0.39, 0.29) is 0 Å². The first-order valence-corrected chi connectivity index (χ1v) is 4.80. The summed E-state index contributed by atoms with van der Waals surface area (Å²) in [5.41, 5.74) is 3.48. The molecule has 0 spiro atoms. The van der Waals surface area contributed by atoms with Gasteiger partial charge in [0.05, 0.1) is 0 Å². The van der Waals surface area contributed by atoms with Crippen molar-refractivity contribution in [3.8, 4) is 0 Å². The van der Waals surface area contributed by atoms with Gasteiger partial charge in [-0.05, 0) is 30.6 Å². The van der Waals surface area contributed by atoms with E-state index in [0.717, 1.165) is 5.57 Å². The van der Waals surface area contributed by atoms with Crippen molar-refractivity contribution in [2.24, 2.45) is 0 Å². The number of hydrogen-bond donors (Lipinski definition) is 0. The summed E-state index contributed by atoms with van der Waals surface area (Å²) in [4.78, 5) is 0. The lowest BCUT2D eigenvalue weighted by Crippen LogP contribution is -1.83. The van der Waals surface area contributed by atoms with Gasteiger partial charge in [-0.15, -0.1) is 0 Å². The van der Waals surface area contributed by atoms with Gasteiger partial charge in [0.2, 0.25) is 0 Å². The van der Waals surface area contributed by atoms with Crippen LogP contribution in [0.1, 0.15) is 19.4 Å². The molecule has 0 atom stereocenters.